The summed E-state index contributed by atoms with van der Waals surface area (Å²) in [6, 6.07) is 3.99. The van der Waals surface area contributed by atoms with E-state index in [1.807, 2.05) is 29.7 Å². The molecule has 1 aromatic carbocycles. The Bertz CT molecular complexity index is 732. The van der Waals surface area contributed by atoms with Gasteiger partial charge in [0, 0.05) is 11.8 Å². The molecule has 0 radical (unpaired) electrons. The molecule has 2 aromatic rings. The summed E-state index contributed by atoms with van der Waals surface area (Å²) in [5.74, 6) is -1.18. The van der Waals surface area contributed by atoms with Crippen LogP contribution in [0.15, 0.2) is 18.3 Å². The minimum absolute atomic E-state index is 0.168. The van der Waals surface area contributed by atoms with Gasteiger partial charge in [-0.05, 0) is 58.6 Å². The van der Waals surface area contributed by atoms with Crippen molar-refractivity contribution in [2.75, 3.05) is 14.2 Å². The summed E-state index contributed by atoms with van der Waals surface area (Å²) >= 11 is 2.26. The quantitative estimate of drug-likeness (QED) is 0.385. The monoisotopic (exact) mass is 448 g/mol. The van der Waals surface area contributed by atoms with Crippen LogP contribution in [0.3, 0.4) is 0 Å². The van der Waals surface area contributed by atoms with Crippen molar-refractivity contribution in [3.63, 3.8) is 0 Å². The highest BCUT2D eigenvalue weighted by Crippen LogP contribution is 2.33. The first-order valence-electron chi connectivity index (χ1n) is 7.01. The lowest BCUT2D eigenvalue weighted by Crippen LogP contribution is -2.17. The van der Waals surface area contributed by atoms with Crippen molar-refractivity contribution >= 4 is 51.3 Å². The van der Waals surface area contributed by atoms with Gasteiger partial charge in [0.2, 0.25) is 0 Å². The number of hydrogen-bond acceptors (Lipinski definition) is 5. The minimum Gasteiger partial charge on any atom is -0.469 e. The molecule has 2 atom stereocenters. The van der Waals surface area contributed by atoms with Gasteiger partial charge < -0.3 is 9.47 Å². The van der Waals surface area contributed by atoms with Crippen molar-refractivity contribution in [2.45, 2.75) is 25.7 Å². The third-order valence-electron chi connectivity index (χ3n) is 3.76. The van der Waals surface area contributed by atoms with Crippen molar-refractivity contribution in [1.82, 2.24) is 9.55 Å². The summed E-state index contributed by atoms with van der Waals surface area (Å²) < 4.78 is 11.5. The standard InChI is InChI=1S/C15H18IN2O4P/c1-9-6-10-8-17-18(23-16)13(10)7-12(9)11(15(20)22-3)4-5-14(19)21-2/h6-8,11,23H,4-5H2,1-3H3. The molecule has 0 aliphatic heterocycles. The number of aromatic nitrogens is 2. The minimum atomic E-state index is -0.496. The Kier molecular flexibility index (Phi) is 6.35. The van der Waals surface area contributed by atoms with E-state index in [1.165, 1.54) is 14.2 Å². The van der Waals surface area contributed by atoms with Crippen LogP contribution in [0.25, 0.3) is 10.9 Å². The van der Waals surface area contributed by atoms with Crippen LogP contribution in [0.5, 0.6) is 0 Å². The van der Waals surface area contributed by atoms with E-state index in [1.54, 1.807) is 0 Å². The van der Waals surface area contributed by atoms with E-state index in [0.717, 1.165) is 22.0 Å². The number of nitrogens with zero attached hydrogens (tertiary/aromatic N) is 2. The van der Waals surface area contributed by atoms with Crippen molar-refractivity contribution in [3.8, 4) is 0 Å². The number of hydrogen-bond donors (Lipinski definition) is 0. The highest BCUT2D eigenvalue weighted by atomic mass is 127. The van der Waals surface area contributed by atoms with Crippen LogP contribution in [-0.2, 0) is 19.1 Å². The van der Waals surface area contributed by atoms with Crippen molar-refractivity contribution in [1.29, 1.82) is 0 Å². The van der Waals surface area contributed by atoms with Crippen LogP contribution in [-0.4, -0.2) is 35.7 Å². The molecule has 0 N–H and O–H groups in total. The second-order valence-electron chi connectivity index (χ2n) is 5.10. The molecule has 1 aromatic heterocycles. The van der Waals surface area contributed by atoms with Crippen LogP contribution in [0.1, 0.15) is 29.9 Å². The number of rotatable bonds is 6. The lowest BCUT2D eigenvalue weighted by Gasteiger charge is -2.17. The highest BCUT2D eigenvalue weighted by Gasteiger charge is 2.25. The summed E-state index contributed by atoms with van der Waals surface area (Å²) in [5.41, 5.74) is 2.82. The Balaban J connectivity index is 2.43. The zero-order valence-corrected chi connectivity index (χ0v) is 16.3. The Morgan fingerprint density at radius 3 is 2.70 bits per heavy atom. The van der Waals surface area contributed by atoms with Gasteiger partial charge in [-0.1, -0.05) is 0 Å². The van der Waals surface area contributed by atoms with Gasteiger partial charge in [0.15, 0.2) is 0 Å². The number of benzene rings is 1. The first-order chi connectivity index (χ1) is 11.0. The largest absolute Gasteiger partial charge is 0.469 e. The Morgan fingerprint density at radius 2 is 2.09 bits per heavy atom. The summed E-state index contributed by atoms with van der Waals surface area (Å²) in [6.07, 6.45) is 2.81. The lowest BCUT2D eigenvalue weighted by atomic mass is 9.90. The Hall–Kier alpha value is -1.21. The molecular weight excluding hydrogens is 430 g/mol. The first-order valence-corrected chi connectivity index (χ1v) is 11.1. The molecule has 1 heterocycles. The lowest BCUT2D eigenvalue weighted by molar-refractivity contribution is -0.143. The van der Waals surface area contributed by atoms with E-state index in [0.29, 0.717) is 12.8 Å². The molecule has 0 fully saturated rings. The van der Waals surface area contributed by atoms with Gasteiger partial charge in [-0.25, -0.2) is 4.45 Å². The molecule has 23 heavy (non-hydrogen) atoms. The maximum Gasteiger partial charge on any atom is 0.313 e. The molecular formula is C15H18IN2O4P. The second-order valence-corrected chi connectivity index (χ2v) is 7.14. The van der Waals surface area contributed by atoms with Gasteiger partial charge in [-0.15, -0.1) is 0 Å². The Morgan fingerprint density at radius 1 is 1.35 bits per heavy atom. The molecule has 0 spiro atoms. The van der Waals surface area contributed by atoms with Crippen molar-refractivity contribution < 1.29 is 19.1 Å². The van der Waals surface area contributed by atoms with Crippen LogP contribution in [0.4, 0.5) is 0 Å². The number of fused-ring (bicyclic) bond motifs is 1. The SMILES string of the molecule is COC(=O)CCC(C(=O)OC)c1cc2c(cnn2PI)cc1C. The summed E-state index contributed by atoms with van der Waals surface area (Å²) in [6.45, 7) is 1.95. The molecule has 0 aliphatic carbocycles. The Labute approximate surface area is 149 Å². The normalized spacial score (nSPS) is 12.7. The number of halogens is 1. The van der Waals surface area contributed by atoms with Gasteiger partial charge in [0.05, 0.1) is 38.2 Å². The predicted octanol–water partition coefficient (Wildman–Crippen LogP) is 3.35. The summed E-state index contributed by atoms with van der Waals surface area (Å²) in [4.78, 5) is 23.6. The molecule has 124 valence electrons. The molecule has 2 rings (SSSR count). The fourth-order valence-corrected chi connectivity index (χ4v) is 4.09. The van der Waals surface area contributed by atoms with Gasteiger partial charge in [-0.2, -0.15) is 5.10 Å². The summed E-state index contributed by atoms with van der Waals surface area (Å²) in [7, 11) is 2.70. The first kappa shape index (κ1) is 18.1. The molecule has 0 aliphatic rings. The number of carbonyl (C=O) groups excluding carboxylic acids is 2. The van der Waals surface area contributed by atoms with E-state index in [-0.39, 0.29) is 18.4 Å². The smallest absolute Gasteiger partial charge is 0.313 e. The van der Waals surface area contributed by atoms with Crippen molar-refractivity contribution in [2.24, 2.45) is 0 Å². The maximum absolute atomic E-state index is 12.2. The third kappa shape index (κ3) is 4.01. The van der Waals surface area contributed by atoms with Gasteiger partial charge in [-0.3, -0.25) is 9.59 Å². The number of methoxy groups -OCH3 is 2. The zero-order valence-electron chi connectivity index (χ0n) is 13.1. The van der Waals surface area contributed by atoms with E-state index in [9.17, 15) is 9.59 Å². The predicted molar refractivity (Wildman–Crippen MR) is 98.2 cm³/mol. The van der Waals surface area contributed by atoms with Gasteiger partial charge >= 0.3 is 11.9 Å². The van der Waals surface area contributed by atoms with Crippen molar-refractivity contribution in [3.05, 3.63) is 29.5 Å². The van der Waals surface area contributed by atoms with Crippen LogP contribution in [0, 0.1) is 6.92 Å². The van der Waals surface area contributed by atoms with Gasteiger partial charge in [0.25, 0.3) is 0 Å². The fourth-order valence-electron chi connectivity index (χ4n) is 2.55. The molecule has 0 amide bonds. The van der Waals surface area contributed by atoms with Crippen LogP contribution in [0.2, 0.25) is 0 Å². The topological polar surface area (TPSA) is 70.4 Å². The fraction of sp³-hybridized carbons (Fsp3) is 0.400. The van der Waals surface area contributed by atoms with Gasteiger partial charge in [0.1, 0.15) is 0 Å². The van der Waals surface area contributed by atoms with Crippen LogP contribution >= 0.6 is 28.4 Å². The van der Waals surface area contributed by atoms with E-state index >= 15 is 0 Å². The van der Waals surface area contributed by atoms with E-state index in [4.69, 9.17) is 4.74 Å². The molecule has 0 bridgehead atoms. The third-order valence-corrected chi connectivity index (χ3v) is 5.65. The van der Waals surface area contributed by atoms with Crippen LogP contribution < -0.4 is 0 Å². The van der Waals surface area contributed by atoms with E-state index < -0.39 is 5.92 Å². The summed E-state index contributed by atoms with van der Waals surface area (Å²) in [5, 5.41) is 5.37. The number of ether oxygens (including phenoxy) is 2. The molecule has 0 saturated carbocycles. The molecule has 0 saturated heterocycles. The second kappa shape index (κ2) is 8.06. The average molecular weight is 448 g/mol. The average Bonchev–Trinajstić information content (AvgIpc) is 2.96. The zero-order chi connectivity index (χ0) is 17.0. The molecule has 2 unspecified atom stereocenters. The molecule has 8 heteroatoms. The number of carbonyl (C=O) groups is 2. The maximum atomic E-state index is 12.2. The molecule has 6 nitrogen and oxygen atoms in total. The number of aryl methyl sites for hydroxylation is 1. The number of esters is 2. The van der Waals surface area contributed by atoms with E-state index in [2.05, 4.69) is 31.9 Å². The highest BCUT2D eigenvalue weighted by molar-refractivity contribution is 14.2.